The van der Waals surface area contributed by atoms with Gasteiger partial charge in [0.25, 0.3) is 5.91 Å². The van der Waals surface area contributed by atoms with Crippen molar-refractivity contribution < 1.29 is 19.1 Å². The van der Waals surface area contributed by atoms with Gasteiger partial charge in [-0.1, -0.05) is 6.07 Å². The third kappa shape index (κ3) is 4.47. The van der Waals surface area contributed by atoms with Gasteiger partial charge in [0, 0.05) is 17.7 Å². The Morgan fingerprint density at radius 2 is 2.11 bits per heavy atom. The molecule has 0 saturated heterocycles. The van der Waals surface area contributed by atoms with Crippen LogP contribution in [0.1, 0.15) is 18.5 Å². The fraction of sp³-hybridized carbons (Fsp3) is 0.333. The minimum atomic E-state index is -0.924. The largest absolute Gasteiger partial charge is 0.497 e. The van der Waals surface area contributed by atoms with Crippen molar-refractivity contribution in [3.63, 3.8) is 0 Å². The zero-order chi connectivity index (χ0) is 14.4. The van der Waals surface area contributed by atoms with Gasteiger partial charge in [-0.3, -0.25) is 10.1 Å². The van der Waals surface area contributed by atoms with E-state index < -0.39 is 11.9 Å². The van der Waals surface area contributed by atoms with Gasteiger partial charge in [0.05, 0.1) is 7.11 Å². The van der Waals surface area contributed by atoms with E-state index in [1.54, 1.807) is 25.1 Å². The second-order valence-corrected chi connectivity index (χ2v) is 3.89. The lowest BCUT2D eigenvalue weighted by atomic mass is 10.1. The molecule has 0 heterocycles. The monoisotopic (exact) mass is 267 g/mol. The van der Waals surface area contributed by atoms with Gasteiger partial charge in [-0.2, -0.15) is 0 Å². The van der Waals surface area contributed by atoms with Gasteiger partial charge in [0.2, 0.25) is 0 Å². The fourth-order valence-electron chi connectivity index (χ4n) is 1.46. The number of carbonyl (C=O) groups excluding carboxylic acids is 2. The molecule has 104 valence electrons. The molecule has 7 nitrogen and oxygen atoms in total. The summed E-state index contributed by atoms with van der Waals surface area (Å²) in [5.74, 6) is 0.370. The maximum atomic E-state index is 11.3. The van der Waals surface area contributed by atoms with Crippen molar-refractivity contribution in [1.82, 2.24) is 5.32 Å². The van der Waals surface area contributed by atoms with E-state index in [0.717, 1.165) is 5.56 Å². The smallest absolute Gasteiger partial charge is 0.318 e. The maximum absolute atomic E-state index is 11.3. The Kier molecular flexibility index (Phi) is 5.13. The molecule has 0 aromatic heterocycles. The summed E-state index contributed by atoms with van der Waals surface area (Å²) in [5, 5.41) is 1.90. The van der Waals surface area contributed by atoms with Crippen molar-refractivity contribution in [2.75, 3.05) is 13.7 Å². The minimum absolute atomic E-state index is 0.264. The molecule has 0 bridgehead atoms. The molecular weight excluding hydrogens is 250 g/mol. The van der Waals surface area contributed by atoms with Crippen LogP contribution >= 0.6 is 0 Å². The molecule has 3 amide bonds. The highest BCUT2D eigenvalue weighted by molar-refractivity contribution is 5.94. The molecular formula is C12H17N3O4. The number of urea groups is 1. The van der Waals surface area contributed by atoms with E-state index in [4.69, 9.17) is 20.9 Å². The predicted molar refractivity (Wildman–Crippen MR) is 68.8 cm³/mol. The predicted octanol–water partition coefficient (Wildman–Crippen LogP) is 0.289. The number of nitrogens with one attached hydrogen (secondary N) is 1. The van der Waals surface area contributed by atoms with E-state index in [0.29, 0.717) is 11.5 Å². The van der Waals surface area contributed by atoms with Crippen LogP contribution in [0, 0.1) is 0 Å². The van der Waals surface area contributed by atoms with Crippen LogP contribution in [0.15, 0.2) is 18.2 Å². The van der Waals surface area contributed by atoms with Crippen molar-refractivity contribution in [1.29, 1.82) is 0 Å². The molecule has 1 atom stereocenters. The summed E-state index contributed by atoms with van der Waals surface area (Å²) in [6.45, 7) is 1.45. The summed E-state index contributed by atoms with van der Waals surface area (Å²) in [5.41, 5.74) is 11.3. The highest BCUT2D eigenvalue weighted by Gasteiger charge is 2.12. The summed E-state index contributed by atoms with van der Waals surface area (Å²) in [7, 11) is 1.52. The third-order valence-electron chi connectivity index (χ3n) is 2.33. The highest BCUT2D eigenvalue weighted by Crippen LogP contribution is 2.28. The summed E-state index contributed by atoms with van der Waals surface area (Å²) in [4.78, 5) is 21.8. The number of rotatable bonds is 5. The van der Waals surface area contributed by atoms with Crippen molar-refractivity contribution in [3.05, 3.63) is 23.8 Å². The molecule has 19 heavy (non-hydrogen) atoms. The van der Waals surface area contributed by atoms with Gasteiger partial charge in [-0.05, 0) is 13.0 Å². The van der Waals surface area contributed by atoms with Crippen molar-refractivity contribution >= 4 is 11.9 Å². The topological polar surface area (TPSA) is 117 Å². The van der Waals surface area contributed by atoms with Crippen molar-refractivity contribution in [2.24, 2.45) is 11.5 Å². The van der Waals surface area contributed by atoms with Crippen LogP contribution < -0.4 is 26.3 Å². The lowest BCUT2D eigenvalue weighted by molar-refractivity contribution is -0.121. The van der Waals surface area contributed by atoms with E-state index in [-0.39, 0.29) is 12.6 Å². The van der Waals surface area contributed by atoms with E-state index in [2.05, 4.69) is 0 Å². The summed E-state index contributed by atoms with van der Waals surface area (Å²) >= 11 is 0. The minimum Gasteiger partial charge on any atom is -0.497 e. The first-order valence-electron chi connectivity index (χ1n) is 5.59. The van der Waals surface area contributed by atoms with Crippen LogP contribution in [0.5, 0.6) is 11.5 Å². The molecule has 0 saturated carbocycles. The SMILES string of the molecule is COc1ccc(C(C)N)c(OCC(=O)NC(N)=O)c1. The second kappa shape index (κ2) is 6.60. The summed E-state index contributed by atoms with van der Waals surface area (Å²) in [6.07, 6.45) is 0. The highest BCUT2D eigenvalue weighted by atomic mass is 16.5. The molecule has 0 aliphatic heterocycles. The molecule has 5 N–H and O–H groups in total. The molecule has 7 heteroatoms. The quantitative estimate of drug-likeness (QED) is 0.708. The average Bonchev–Trinajstić information content (AvgIpc) is 2.34. The van der Waals surface area contributed by atoms with Gasteiger partial charge in [0.15, 0.2) is 6.61 Å². The molecule has 0 aliphatic carbocycles. The zero-order valence-electron chi connectivity index (χ0n) is 10.8. The fourth-order valence-corrected chi connectivity index (χ4v) is 1.46. The summed E-state index contributed by atoms with van der Waals surface area (Å²) < 4.78 is 10.4. The Morgan fingerprint density at radius 1 is 1.42 bits per heavy atom. The van der Waals surface area contributed by atoms with Gasteiger partial charge >= 0.3 is 6.03 Å². The molecule has 0 radical (unpaired) electrons. The molecule has 1 aromatic carbocycles. The van der Waals surface area contributed by atoms with E-state index >= 15 is 0 Å². The number of nitrogens with two attached hydrogens (primary N) is 2. The lowest BCUT2D eigenvalue weighted by Gasteiger charge is -2.14. The molecule has 0 aliphatic rings. The molecule has 1 rings (SSSR count). The molecule has 1 unspecified atom stereocenters. The number of hydrogen-bond acceptors (Lipinski definition) is 5. The van der Waals surface area contributed by atoms with Crippen molar-refractivity contribution in [3.8, 4) is 11.5 Å². The van der Waals surface area contributed by atoms with Crippen LogP contribution in [-0.4, -0.2) is 25.7 Å². The standard InChI is InChI=1S/C12H17N3O4/c1-7(13)9-4-3-8(18-2)5-10(9)19-6-11(16)15-12(14)17/h3-5,7H,6,13H2,1-2H3,(H3,14,15,16,17). The Labute approximate surface area is 110 Å². The average molecular weight is 267 g/mol. The Bertz CT molecular complexity index is 474. The molecule has 0 spiro atoms. The number of amides is 3. The van der Waals surface area contributed by atoms with E-state index in [1.807, 2.05) is 5.32 Å². The lowest BCUT2D eigenvalue weighted by Crippen LogP contribution is -2.38. The first-order valence-corrected chi connectivity index (χ1v) is 5.59. The number of primary amides is 1. The Hall–Kier alpha value is -2.28. The number of methoxy groups -OCH3 is 1. The van der Waals surface area contributed by atoms with Crippen LogP contribution in [0.3, 0.4) is 0 Å². The van der Waals surface area contributed by atoms with Crippen molar-refractivity contribution in [2.45, 2.75) is 13.0 Å². The van der Waals surface area contributed by atoms with Gasteiger partial charge < -0.3 is 20.9 Å². The first kappa shape index (κ1) is 14.8. The summed E-state index contributed by atoms with van der Waals surface area (Å²) in [6, 6.07) is 3.93. The van der Waals surface area contributed by atoms with Gasteiger partial charge in [-0.15, -0.1) is 0 Å². The first-order chi connectivity index (χ1) is 8.93. The van der Waals surface area contributed by atoms with Crippen LogP contribution in [0.2, 0.25) is 0 Å². The van der Waals surface area contributed by atoms with E-state index in [9.17, 15) is 9.59 Å². The number of hydrogen-bond donors (Lipinski definition) is 3. The van der Waals surface area contributed by atoms with Crippen LogP contribution in [-0.2, 0) is 4.79 Å². The second-order valence-electron chi connectivity index (χ2n) is 3.89. The van der Waals surface area contributed by atoms with Gasteiger partial charge in [0.1, 0.15) is 11.5 Å². The van der Waals surface area contributed by atoms with Crippen LogP contribution in [0.4, 0.5) is 4.79 Å². The number of imide groups is 1. The van der Waals surface area contributed by atoms with Gasteiger partial charge in [-0.25, -0.2) is 4.79 Å². The maximum Gasteiger partial charge on any atom is 0.318 e. The normalized spacial score (nSPS) is 11.5. The number of carbonyl (C=O) groups is 2. The Balaban J connectivity index is 2.80. The van der Waals surface area contributed by atoms with E-state index in [1.165, 1.54) is 7.11 Å². The van der Waals surface area contributed by atoms with Crippen LogP contribution in [0.25, 0.3) is 0 Å². The zero-order valence-corrected chi connectivity index (χ0v) is 10.8. The number of ether oxygens (including phenoxy) is 2. The molecule has 0 fully saturated rings. The third-order valence-corrected chi connectivity index (χ3v) is 2.33. The molecule has 1 aromatic rings. The Morgan fingerprint density at radius 3 is 2.63 bits per heavy atom. The number of benzene rings is 1.